The molecule has 0 radical (unpaired) electrons. The monoisotopic (exact) mass is 479 g/mol. The number of alkyl halides is 3. The number of methoxy groups -OCH3 is 1. The third-order valence-electron chi connectivity index (χ3n) is 5.35. The minimum atomic E-state index is -4.66. The molecular formula is C21H17F4N5O4. The van der Waals surface area contributed by atoms with Crippen LogP contribution in [0.4, 0.5) is 34.8 Å². The van der Waals surface area contributed by atoms with Crippen molar-refractivity contribution in [1.29, 1.82) is 0 Å². The third-order valence-corrected chi connectivity index (χ3v) is 5.35. The van der Waals surface area contributed by atoms with Gasteiger partial charge in [0.2, 0.25) is 0 Å². The van der Waals surface area contributed by atoms with Crippen LogP contribution >= 0.6 is 0 Å². The van der Waals surface area contributed by atoms with E-state index >= 15 is 0 Å². The topological polar surface area (TPSA) is 111 Å². The van der Waals surface area contributed by atoms with Crippen LogP contribution in [0.25, 0.3) is 0 Å². The number of nitrogens with one attached hydrogen (secondary N) is 2. The summed E-state index contributed by atoms with van der Waals surface area (Å²) in [5.41, 5.74) is -0.142. The van der Waals surface area contributed by atoms with E-state index in [0.717, 1.165) is 30.5 Å². The molecule has 34 heavy (non-hydrogen) atoms. The summed E-state index contributed by atoms with van der Waals surface area (Å²) in [6.45, 7) is 0. The molecule has 2 heterocycles. The van der Waals surface area contributed by atoms with E-state index in [0.29, 0.717) is 10.2 Å². The van der Waals surface area contributed by atoms with Crippen molar-refractivity contribution in [1.82, 2.24) is 9.78 Å². The molecule has 1 aliphatic heterocycles. The van der Waals surface area contributed by atoms with E-state index < -0.39 is 41.3 Å². The number of carbonyl (C=O) groups excluding carboxylic acids is 1. The highest BCUT2D eigenvalue weighted by atomic mass is 19.4. The van der Waals surface area contributed by atoms with Gasteiger partial charge >= 0.3 is 6.18 Å². The largest absolute Gasteiger partial charge is 0.496 e. The zero-order valence-corrected chi connectivity index (χ0v) is 17.5. The van der Waals surface area contributed by atoms with Crippen LogP contribution in [0.1, 0.15) is 34.4 Å². The molecule has 0 saturated heterocycles. The molecule has 1 aliphatic rings. The van der Waals surface area contributed by atoms with Crippen LogP contribution in [0.5, 0.6) is 5.75 Å². The van der Waals surface area contributed by atoms with Gasteiger partial charge in [-0.1, -0.05) is 12.1 Å². The Hall–Kier alpha value is -4.16. The lowest BCUT2D eigenvalue weighted by molar-refractivity contribution is -0.384. The second-order valence-corrected chi connectivity index (χ2v) is 7.52. The standard InChI is InChI=1S/C21H17F4N5O4/c1-34-15-7-13(6-14(8-15)30(32)33)27-20(31)16-10-26-29-18(21(23,24)25)9-17(28-19(16)29)11-2-4-12(22)5-3-11/h2-8,10,17-18,28H,9H2,1H3,(H,27,31)/t17-,18+/m1/s1. The van der Waals surface area contributed by atoms with Crippen LogP contribution in [0.2, 0.25) is 0 Å². The van der Waals surface area contributed by atoms with Gasteiger partial charge in [-0.2, -0.15) is 18.3 Å². The summed E-state index contributed by atoms with van der Waals surface area (Å²) < 4.78 is 60.4. The van der Waals surface area contributed by atoms with Gasteiger partial charge in [0.05, 0.1) is 36.0 Å². The van der Waals surface area contributed by atoms with Crippen LogP contribution < -0.4 is 15.4 Å². The number of fused-ring (bicyclic) bond motifs is 1. The Morgan fingerprint density at radius 3 is 2.59 bits per heavy atom. The van der Waals surface area contributed by atoms with Crippen LogP contribution in [0.15, 0.2) is 48.7 Å². The predicted molar refractivity (Wildman–Crippen MR) is 112 cm³/mol. The number of nitro groups is 1. The average Bonchev–Trinajstić information content (AvgIpc) is 3.22. The number of carbonyl (C=O) groups is 1. The fourth-order valence-electron chi connectivity index (χ4n) is 3.72. The van der Waals surface area contributed by atoms with Crippen molar-refractivity contribution < 1.29 is 32.0 Å². The van der Waals surface area contributed by atoms with Crippen LogP contribution in [-0.2, 0) is 0 Å². The lowest BCUT2D eigenvalue weighted by atomic mass is 9.96. The highest BCUT2D eigenvalue weighted by Crippen LogP contribution is 2.44. The molecule has 2 aromatic carbocycles. The van der Waals surface area contributed by atoms with Crippen molar-refractivity contribution >= 4 is 23.1 Å². The van der Waals surface area contributed by atoms with Gasteiger partial charge in [0.15, 0.2) is 6.04 Å². The second kappa shape index (κ2) is 8.65. The molecule has 3 aromatic rings. The Morgan fingerprint density at radius 1 is 1.26 bits per heavy atom. The lowest BCUT2D eigenvalue weighted by Gasteiger charge is -2.34. The fraction of sp³-hybridized carbons (Fsp3) is 0.238. The average molecular weight is 479 g/mol. The number of hydrogen-bond donors (Lipinski definition) is 2. The van der Waals surface area contributed by atoms with Crippen molar-refractivity contribution in [3.05, 3.63) is 75.7 Å². The molecule has 1 amide bonds. The summed E-state index contributed by atoms with van der Waals surface area (Å²) >= 11 is 0. The molecule has 0 aliphatic carbocycles. The number of nitrogens with zero attached hydrogens (tertiary/aromatic N) is 3. The fourth-order valence-corrected chi connectivity index (χ4v) is 3.72. The molecular weight excluding hydrogens is 462 g/mol. The highest BCUT2D eigenvalue weighted by molar-refractivity contribution is 6.07. The van der Waals surface area contributed by atoms with Gasteiger partial charge in [-0.15, -0.1) is 0 Å². The number of ether oxygens (including phenoxy) is 1. The van der Waals surface area contributed by atoms with Gasteiger partial charge in [-0.05, 0) is 17.7 Å². The molecule has 1 aromatic heterocycles. The summed E-state index contributed by atoms with van der Waals surface area (Å²) in [5.74, 6) is -1.45. The number of amides is 1. The summed E-state index contributed by atoms with van der Waals surface area (Å²) in [5, 5.41) is 20.2. The Balaban J connectivity index is 1.69. The maximum absolute atomic E-state index is 13.8. The minimum absolute atomic E-state index is 0.00858. The maximum atomic E-state index is 13.8. The van der Waals surface area contributed by atoms with E-state index in [-0.39, 0.29) is 28.5 Å². The number of anilines is 2. The molecule has 2 N–H and O–H groups in total. The van der Waals surface area contributed by atoms with Crippen molar-refractivity contribution in [2.45, 2.75) is 24.7 Å². The van der Waals surface area contributed by atoms with E-state index in [9.17, 15) is 32.5 Å². The van der Waals surface area contributed by atoms with E-state index in [1.807, 2.05) is 0 Å². The molecule has 2 atom stereocenters. The minimum Gasteiger partial charge on any atom is -0.496 e. The molecule has 0 fully saturated rings. The predicted octanol–water partition coefficient (Wildman–Crippen LogP) is 4.85. The van der Waals surface area contributed by atoms with Crippen LogP contribution in [-0.4, -0.2) is 33.9 Å². The van der Waals surface area contributed by atoms with E-state index in [2.05, 4.69) is 15.7 Å². The van der Waals surface area contributed by atoms with Crippen molar-refractivity contribution in [2.24, 2.45) is 0 Å². The summed E-state index contributed by atoms with van der Waals surface area (Å²) in [6.07, 6.45) is -4.10. The first-order chi connectivity index (χ1) is 16.1. The van der Waals surface area contributed by atoms with Gasteiger partial charge < -0.3 is 15.4 Å². The Kier molecular flexibility index (Phi) is 5.85. The first-order valence-electron chi connectivity index (χ1n) is 9.88. The maximum Gasteiger partial charge on any atom is 0.410 e. The quantitative estimate of drug-likeness (QED) is 0.307. The van der Waals surface area contributed by atoms with E-state index in [1.54, 1.807) is 0 Å². The Labute approximate surface area is 189 Å². The van der Waals surface area contributed by atoms with Gasteiger partial charge in [0, 0.05) is 18.6 Å². The number of non-ortho nitro benzene ring substituents is 1. The molecule has 4 rings (SSSR count). The number of halogens is 4. The summed E-state index contributed by atoms with van der Waals surface area (Å²) in [4.78, 5) is 23.4. The molecule has 178 valence electrons. The van der Waals surface area contributed by atoms with Crippen molar-refractivity contribution in [3.8, 4) is 5.75 Å². The van der Waals surface area contributed by atoms with Crippen molar-refractivity contribution in [3.63, 3.8) is 0 Å². The first kappa shape index (κ1) is 23.0. The molecule has 13 heteroatoms. The molecule has 0 saturated carbocycles. The van der Waals surface area contributed by atoms with E-state index in [4.69, 9.17) is 4.74 Å². The number of benzene rings is 2. The first-order valence-corrected chi connectivity index (χ1v) is 9.88. The van der Waals surface area contributed by atoms with Crippen molar-refractivity contribution in [2.75, 3.05) is 17.7 Å². The lowest BCUT2D eigenvalue weighted by Crippen LogP contribution is -2.36. The van der Waals surface area contributed by atoms with Crippen LogP contribution in [0, 0.1) is 15.9 Å². The van der Waals surface area contributed by atoms with Gasteiger partial charge in [0.25, 0.3) is 11.6 Å². The number of hydrogen-bond acceptors (Lipinski definition) is 6. The zero-order chi connectivity index (χ0) is 24.6. The third kappa shape index (κ3) is 4.49. The Morgan fingerprint density at radius 2 is 1.97 bits per heavy atom. The highest BCUT2D eigenvalue weighted by Gasteiger charge is 2.47. The molecule has 9 nitrogen and oxygen atoms in total. The smallest absolute Gasteiger partial charge is 0.410 e. The number of nitro benzene ring substituents is 1. The van der Waals surface area contributed by atoms with Gasteiger partial charge in [-0.3, -0.25) is 14.9 Å². The van der Waals surface area contributed by atoms with Gasteiger partial charge in [0.1, 0.15) is 22.9 Å². The second-order valence-electron chi connectivity index (χ2n) is 7.52. The molecule has 0 bridgehead atoms. The zero-order valence-electron chi connectivity index (χ0n) is 17.5. The van der Waals surface area contributed by atoms with Crippen LogP contribution in [0.3, 0.4) is 0 Å². The SMILES string of the molecule is COc1cc(NC(=O)c2cnn3c2N[C@@H](c2ccc(F)cc2)C[C@H]3C(F)(F)F)cc([N+](=O)[O-])c1. The number of aromatic nitrogens is 2. The Bertz CT molecular complexity index is 1240. The normalized spacial score (nSPS) is 17.4. The number of rotatable bonds is 5. The molecule has 0 unspecified atom stereocenters. The van der Waals surface area contributed by atoms with Gasteiger partial charge in [-0.25, -0.2) is 9.07 Å². The van der Waals surface area contributed by atoms with E-state index in [1.165, 1.54) is 25.3 Å². The summed E-state index contributed by atoms with van der Waals surface area (Å²) in [6, 6.07) is 5.66. The molecule has 0 spiro atoms. The summed E-state index contributed by atoms with van der Waals surface area (Å²) in [7, 11) is 1.29.